The van der Waals surface area contributed by atoms with Crippen molar-refractivity contribution in [3.63, 3.8) is 0 Å². The van der Waals surface area contributed by atoms with Crippen molar-refractivity contribution in [3.05, 3.63) is 12.7 Å². The first-order chi connectivity index (χ1) is 10.0. The second-order valence-corrected chi connectivity index (χ2v) is 4.53. The van der Waals surface area contributed by atoms with Gasteiger partial charge in [0.2, 0.25) is 0 Å². The summed E-state index contributed by atoms with van der Waals surface area (Å²) < 4.78 is 11.3. The minimum atomic E-state index is -1.42. The molecule has 0 aromatic carbocycles. The predicted octanol–water partition coefficient (Wildman–Crippen LogP) is -1.80. The van der Waals surface area contributed by atoms with E-state index >= 15 is 0 Å². The third kappa shape index (κ3) is 2.00. The third-order valence-corrected chi connectivity index (χ3v) is 3.33. The lowest BCUT2D eigenvalue weighted by Gasteiger charge is -2.16. The van der Waals surface area contributed by atoms with Gasteiger partial charge in [0.05, 0.1) is 13.4 Å². The first-order valence-corrected chi connectivity index (χ1v) is 6.07. The van der Waals surface area contributed by atoms with Gasteiger partial charge < -0.3 is 25.4 Å². The highest BCUT2D eigenvalue weighted by molar-refractivity contribution is 5.81. The summed E-state index contributed by atoms with van der Waals surface area (Å²) in [4.78, 5) is 23.4. The first kappa shape index (κ1) is 13.7. The van der Waals surface area contributed by atoms with Crippen molar-refractivity contribution in [2.24, 2.45) is 0 Å². The number of rotatable bonds is 2. The molecule has 4 N–H and O–H groups in total. The smallest absolute Gasteiger partial charge is 0.337 e. The second-order valence-electron chi connectivity index (χ2n) is 4.53. The highest BCUT2D eigenvalue weighted by Crippen LogP contribution is 2.32. The van der Waals surface area contributed by atoms with Crippen LogP contribution in [-0.4, -0.2) is 61.1 Å². The molecule has 0 aliphatic carbocycles. The zero-order valence-corrected chi connectivity index (χ0v) is 10.9. The molecule has 2 aromatic heterocycles. The molecular formula is C11H13N5O5. The van der Waals surface area contributed by atoms with Gasteiger partial charge in [-0.2, -0.15) is 0 Å². The van der Waals surface area contributed by atoms with E-state index in [1.54, 1.807) is 0 Å². The summed E-state index contributed by atoms with van der Waals surface area (Å²) >= 11 is 0. The molecule has 1 saturated heterocycles. The number of anilines is 1. The van der Waals surface area contributed by atoms with Crippen molar-refractivity contribution in [1.29, 1.82) is 0 Å². The molecule has 0 amide bonds. The lowest BCUT2D eigenvalue weighted by atomic mass is 10.1. The number of nitrogen functional groups attached to an aromatic ring is 1. The van der Waals surface area contributed by atoms with Gasteiger partial charge >= 0.3 is 5.97 Å². The Morgan fingerprint density at radius 2 is 2.14 bits per heavy atom. The number of esters is 1. The Morgan fingerprint density at radius 3 is 2.86 bits per heavy atom. The molecule has 0 radical (unpaired) electrons. The number of aliphatic hydroxyl groups excluding tert-OH is 2. The average Bonchev–Trinajstić information content (AvgIpc) is 3.02. The normalized spacial score (nSPS) is 28.9. The van der Waals surface area contributed by atoms with Gasteiger partial charge in [0.25, 0.3) is 0 Å². The molecule has 112 valence electrons. The van der Waals surface area contributed by atoms with Crippen LogP contribution in [0.5, 0.6) is 0 Å². The molecule has 0 saturated carbocycles. The van der Waals surface area contributed by atoms with Gasteiger partial charge in [-0.05, 0) is 0 Å². The number of fused-ring (bicyclic) bond motifs is 1. The SMILES string of the molecule is COC(=O)[C@H]1OC(n2cnc3c(N)ncnc32)[C@H](O)[C@@H]1O. The summed E-state index contributed by atoms with van der Waals surface area (Å²) in [6.07, 6.45) is -2.50. The number of aliphatic hydroxyl groups is 2. The minimum absolute atomic E-state index is 0.177. The average molecular weight is 295 g/mol. The third-order valence-electron chi connectivity index (χ3n) is 3.33. The zero-order chi connectivity index (χ0) is 15.1. The fourth-order valence-electron chi connectivity index (χ4n) is 2.26. The fraction of sp³-hybridized carbons (Fsp3) is 0.455. The summed E-state index contributed by atoms with van der Waals surface area (Å²) in [5, 5.41) is 20.0. The molecule has 21 heavy (non-hydrogen) atoms. The Labute approximate surface area is 118 Å². The van der Waals surface area contributed by atoms with Crippen molar-refractivity contribution in [1.82, 2.24) is 19.5 Å². The number of aromatic nitrogens is 4. The lowest BCUT2D eigenvalue weighted by molar-refractivity contribution is -0.158. The van der Waals surface area contributed by atoms with Crippen LogP contribution in [-0.2, 0) is 14.3 Å². The van der Waals surface area contributed by atoms with Crippen LogP contribution in [0.15, 0.2) is 12.7 Å². The van der Waals surface area contributed by atoms with Crippen molar-refractivity contribution in [2.75, 3.05) is 12.8 Å². The molecule has 1 fully saturated rings. The predicted molar refractivity (Wildman–Crippen MR) is 67.7 cm³/mol. The summed E-state index contributed by atoms with van der Waals surface area (Å²) in [7, 11) is 1.17. The number of methoxy groups -OCH3 is 1. The number of carbonyl (C=O) groups is 1. The topological polar surface area (TPSA) is 146 Å². The van der Waals surface area contributed by atoms with Crippen LogP contribution in [0.3, 0.4) is 0 Å². The van der Waals surface area contributed by atoms with E-state index in [0.717, 1.165) is 0 Å². The molecule has 10 nitrogen and oxygen atoms in total. The number of hydrogen-bond acceptors (Lipinski definition) is 9. The van der Waals surface area contributed by atoms with Crippen LogP contribution in [0.2, 0.25) is 0 Å². The molecule has 0 bridgehead atoms. The molecule has 10 heteroatoms. The molecule has 4 atom stereocenters. The van der Waals surface area contributed by atoms with Crippen molar-refractivity contribution in [2.45, 2.75) is 24.5 Å². The Bertz CT molecular complexity index is 689. The van der Waals surface area contributed by atoms with E-state index in [4.69, 9.17) is 10.5 Å². The van der Waals surface area contributed by atoms with Crippen molar-refractivity contribution < 1.29 is 24.5 Å². The molecule has 0 spiro atoms. The number of nitrogens with zero attached hydrogens (tertiary/aromatic N) is 4. The Morgan fingerprint density at radius 1 is 1.38 bits per heavy atom. The van der Waals surface area contributed by atoms with Crippen molar-refractivity contribution in [3.8, 4) is 0 Å². The summed E-state index contributed by atoms with van der Waals surface area (Å²) in [5.41, 5.74) is 6.33. The first-order valence-electron chi connectivity index (χ1n) is 6.07. The van der Waals surface area contributed by atoms with Crippen LogP contribution in [0.4, 0.5) is 5.82 Å². The van der Waals surface area contributed by atoms with Gasteiger partial charge in [-0.3, -0.25) is 4.57 Å². The van der Waals surface area contributed by atoms with Gasteiger partial charge in [0, 0.05) is 0 Å². The van der Waals surface area contributed by atoms with Crippen LogP contribution in [0.1, 0.15) is 6.23 Å². The number of imidazole rings is 1. The minimum Gasteiger partial charge on any atom is -0.467 e. The Balaban J connectivity index is 2.00. The molecule has 2 aromatic rings. The molecule has 1 unspecified atom stereocenters. The lowest BCUT2D eigenvalue weighted by Crippen LogP contribution is -2.36. The maximum Gasteiger partial charge on any atom is 0.337 e. The number of ether oxygens (including phenoxy) is 2. The fourth-order valence-corrected chi connectivity index (χ4v) is 2.26. The Kier molecular flexibility index (Phi) is 3.20. The number of nitrogens with two attached hydrogens (primary N) is 1. The molecule has 3 heterocycles. The monoisotopic (exact) mass is 295 g/mol. The molecule has 3 rings (SSSR count). The van der Waals surface area contributed by atoms with E-state index in [1.807, 2.05) is 0 Å². The number of hydrogen-bond donors (Lipinski definition) is 3. The largest absolute Gasteiger partial charge is 0.467 e. The summed E-state index contributed by atoms with van der Waals surface area (Å²) in [5.74, 6) is -0.598. The number of carbonyl (C=O) groups excluding carboxylic acids is 1. The van der Waals surface area contributed by atoms with Crippen LogP contribution >= 0.6 is 0 Å². The summed E-state index contributed by atoms with van der Waals surface area (Å²) in [6.45, 7) is 0. The van der Waals surface area contributed by atoms with E-state index in [1.165, 1.54) is 24.3 Å². The van der Waals surface area contributed by atoms with E-state index in [-0.39, 0.29) is 5.82 Å². The maximum absolute atomic E-state index is 11.5. The Hall–Kier alpha value is -2.30. The second kappa shape index (κ2) is 4.91. The maximum atomic E-state index is 11.5. The van der Waals surface area contributed by atoms with E-state index in [9.17, 15) is 15.0 Å². The highest BCUT2D eigenvalue weighted by atomic mass is 16.6. The molecular weight excluding hydrogens is 282 g/mol. The zero-order valence-electron chi connectivity index (χ0n) is 10.9. The van der Waals surface area contributed by atoms with Gasteiger partial charge in [-0.25, -0.2) is 19.7 Å². The molecule has 1 aliphatic heterocycles. The highest BCUT2D eigenvalue weighted by Gasteiger charge is 2.48. The summed E-state index contributed by atoms with van der Waals surface area (Å²) in [6, 6.07) is 0. The van der Waals surface area contributed by atoms with Crippen LogP contribution in [0.25, 0.3) is 11.2 Å². The van der Waals surface area contributed by atoms with Gasteiger partial charge in [0.1, 0.15) is 24.1 Å². The standard InChI is InChI=1S/C11H13N5O5/c1-20-11(19)7-5(17)6(18)10(21-7)16-3-15-4-8(12)13-2-14-9(4)16/h2-3,5-7,10,17-18H,1H3,(H2,12,13,14)/t5-,6+,7-,10?/m0/s1. The van der Waals surface area contributed by atoms with E-state index in [2.05, 4.69) is 19.7 Å². The van der Waals surface area contributed by atoms with Gasteiger partial charge in [-0.15, -0.1) is 0 Å². The van der Waals surface area contributed by atoms with Gasteiger partial charge in [0.15, 0.2) is 23.8 Å². The molecule has 1 aliphatic rings. The van der Waals surface area contributed by atoms with Gasteiger partial charge in [-0.1, -0.05) is 0 Å². The quantitative estimate of drug-likeness (QED) is 0.546. The van der Waals surface area contributed by atoms with E-state index < -0.39 is 30.5 Å². The van der Waals surface area contributed by atoms with Crippen molar-refractivity contribution >= 4 is 23.0 Å². The van der Waals surface area contributed by atoms with E-state index in [0.29, 0.717) is 11.2 Å². The van der Waals surface area contributed by atoms with Crippen LogP contribution < -0.4 is 5.73 Å². The van der Waals surface area contributed by atoms with Crippen LogP contribution in [0, 0.1) is 0 Å².